The van der Waals surface area contributed by atoms with Crippen molar-refractivity contribution in [2.75, 3.05) is 6.79 Å². The van der Waals surface area contributed by atoms with E-state index >= 15 is 0 Å². The largest absolute Gasteiger partial charge is 0.458 e. The van der Waals surface area contributed by atoms with Crippen molar-refractivity contribution in [3.05, 3.63) is 83.9 Å². The summed E-state index contributed by atoms with van der Waals surface area (Å²) in [6, 6.07) is 21.8. The Balaban J connectivity index is 1.42. The molecule has 0 spiro atoms. The summed E-state index contributed by atoms with van der Waals surface area (Å²) in [5, 5.41) is 16.0. The summed E-state index contributed by atoms with van der Waals surface area (Å²) < 4.78 is 17.1. The number of ether oxygens (including phenoxy) is 2. The number of nitrogens with two attached hydrogens (primary N) is 2. The Labute approximate surface area is 172 Å². The third-order valence-corrected chi connectivity index (χ3v) is 4.59. The average Bonchev–Trinajstić information content (AvgIpc) is 3.19. The SMILES string of the molecule is N=C(N)c1ccc(OCOc2ccc(-c3cc4cccc(C(=N)N)c4o3)cc2)cc1. The van der Waals surface area contributed by atoms with Crippen LogP contribution in [0.3, 0.4) is 0 Å². The Morgan fingerprint density at radius 2 is 1.43 bits per heavy atom. The molecule has 3 aromatic carbocycles. The molecule has 1 heterocycles. The van der Waals surface area contributed by atoms with Crippen molar-refractivity contribution in [1.82, 2.24) is 0 Å². The van der Waals surface area contributed by atoms with E-state index in [9.17, 15) is 0 Å². The fourth-order valence-corrected chi connectivity index (χ4v) is 3.03. The molecule has 0 aliphatic rings. The smallest absolute Gasteiger partial charge is 0.230 e. The average molecular weight is 400 g/mol. The van der Waals surface area contributed by atoms with Crippen molar-refractivity contribution in [1.29, 1.82) is 10.8 Å². The molecule has 0 radical (unpaired) electrons. The number of rotatable bonds is 7. The monoisotopic (exact) mass is 400 g/mol. The van der Waals surface area contributed by atoms with Gasteiger partial charge in [-0.2, -0.15) is 0 Å². The van der Waals surface area contributed by atoms with E-state index in [0.717, 1.165) is 10.9 Å². The molecule has 4 rings (SSSR count). The topological polar surface area (TPSA) is 131 Å². The zero-order chi connectivity index (χ0) is 21.1. The van der Waals surface area contributed by atoms with E-state index in [1.54, 1.807) is 30.3 Å². The van der Waals surface area contributed by atoms with Gasteiger partial charge in [0.1, 0.15) is 34.5 Å². The van der Waals surface area contributed by atoms with Gasteiger partial charge in [0.05, 0.1) is 5.56 Å². The summed E-state index contributed by atoms with van der Waals surface area (Å²) in [6.07, 6.45) is 0. The first-order valence-corrected chi connectivity index (χ1v) is 9.19. The van der Waals surface area contributed by atoms with Crippen molar-refractivity contribution < 1.29 is 13.9 Å². The predicted octanol–water partition coefficient (Wildman–Crippen LogP) is 4.08. The molecule has 0 amide bonds. The molecular formula is C23H20N4O3. The first-order valence-electron chi connectivity index (χ1n) is 9.19. The lowest BCUT2D eigenvalue weighted by atomic mass is 10.1. The Hall–Kier alpha value is -4.26. The first-order chi connectivity index (χ1) is 14.5. The molecule has 0 bridgehead atoms. The number of furan rings is 1. The molecular weight excluding hydrogens is 380 g/mol. The van der Waals surface area contributed by atoms with E-state index in [0.29, 0.717) is 34.0 Å². The molecule has 0 fully saturated rings. The van der Waals surface area contributed by atoms with Crippen LogP contribution in [0.5, 0.6) is 11.5 Å². The Bertz CT molecular complexity index is 1210. The first kappa shape index (κ1) is 19.1. The molecule has 1 aromatic heterocycles. The van der Waals surface area contributed by atoms with Gasteiger partial charge in [-0.05, 0) is 60.7 Å². The van der Waals surface area contributed by atoms with Crippen LogP contribution < -0.4 is 20.9 Å². The summed E-state index contributed by atoms with van der Waals surface area (Å²) in [7, 11) is 0. The summed E-state index contributed by atoms with van der Waals surface area (Å²) >= 11 is 0. The predicted molar refractivity (Wildman–Crippen MR) is 116 cm³/mol. The summed E-state index contributed by atoms with van der Waals surface area (Å²) in [6.45, 7) is 0.0470. The molecule has 7 nitrogen and oxygen atoms in total. The van der Waals surface area contributed by atoms with Gasteiger partial charge in [-0.1, -0.05) is 12.1 Å². The van der Waals surface area contributed by atoms with Crippen LogP contribution in [0.4, 0.5) is 0 Å². The van der Waals surface area contributed by atoms with E-state index in [4.69, 9.17) is 36.2 Å². The molecule has 4 aromatic rings. The van der Waals surface area contributed by atoms with Gasteiger partial charge in [0, 0.05) is 16.5 Å². The fraction of sp³-hybridized carbons (Fsp3) is 0.0435. The van der Waals surface area contributed by atoms with Crippen LogP contribution >= 0.6 is 0 Å². The highest BCUT2D eigenvalue weighted by Gasteiger charge is 2.11. The highest BCUT2D eigenvalue weighted by Crippen LogP contribution is 2.30. The van der Waals surface area contributed by atoms with E-state index in [1.165, 1.54) is 0 Å². The minimum Gasteiger partial charge on any atom is -0.458 e. The van der Waals surface area contributed by atoms with Crippen LogP contribution in [0.25, 0.3) is 22.3 Å². The number of nitrogens with one attached hydrogen (secondary N) is 2. The second-order valence-electron chi connectivity index (χ2n) is 6.62. The lowest BCUT2D eigenvalue weighted by molar-refractivity contribution is 0.120. The molecule has 0 aliphatic carbocycles. The lowest BCUT2D eigenvalue weighted by Gasteiger charge is -2.09. The number of fused-ring (bicyclic) bond motifs is 1. The van der Waals surface area contributed by atoms with Gasteiger partial charge in [0.2, 0.25) is 6.79 Å². The van der Waals surface area contributed by atoms with Crippen molar-refractivity contribution in [3.8, 4) is 22.8 Å². The molecule has 0 atom stereocenters. The number of hydrogen-bond donors (Lipinski definition) is 4. The number of amidine groups is 2. The molecule has 0 unspecified atom stereocenters. The molecule has 0 saturated heterocycles. The quantitative estimate of drug-likeness (QED) is 0.211. The molecule has 30 heavy (non-hydrogen) atoms. The maximum Gasteiger partial charge on any atom is 0.230 e. The van der Waals surface area contributed by atoms with E-state index < -0.39 is 0 Å². The Morgan fingerprint density at radius 1 is 0.800 bits per heavy atom. The Kier molecular flexibility index (Phi) is 5.09. The Morgan fingerprint density at radius 3 is 2.03 bits per heavy atom. The minimum atomic E-state index is -0.0267. The number of nitrogen functional groups attached to an aromatic ring is 2. The van der Waals surface area contributed by atoms with Gasteiger partial charge in [-0.25, -0.2) is 0 Å². The van der Waals surface area contributed by atoms with Gasteiger partial charge in [-0.15, -0.1) is 0 Å². The van der Waals surface area contributed by atoms with Gasteiger partial charge in [-0.3, -0.25) is 10.8 Å². The lowest BCUT2D eigenvalue weighted by Crippen LogP contribution is -2.11. The van der Waals surface area contributed by atoms with Crippen molar-refractivity contribution in [2.24, 2.45) is 11.5 Å². The van der Waals surface area contributed by atoms with Crippen LogP contribution in [0.2, 0.25) is 0 Å². The third kappa shape index (κ3) is 3.95. The third-order valence-electron chi connectivity index (χ3n) is 4.59. The normalized spacial score (nSPS) is 10.7. The summed E-state index contributed by atoms with van der Waals surface area (Å²) in [5.41, 5.74) is 13.8. The van der Waals surface area contributed by atoms with Crippen molar-refractivity contribution in [2.45, 2.75) is 0 Å². The maximum absolute atomic E-state index is 7.69. The van der Waals surface area contributed by atoms with Gasteiger partial charge in [0.15, 0.2) is 0 Å². The van der Waals surface area contributed by atoms with Crippen LogP contribution in [0.15, 0.2) is 77.2 Å². The number of hydrogen-bond acceptors (Lipinski definition) is 5. The maximum atomic E-state index is 7.69. The summed E-state index contributed by atoms with van der Waals surface area (Å²) in [5.74, 6) is 1.95. The standard InChI is InChI=1S/C23H20N4O3/c24-22(25)15-6-10-18(11-7-15)29-13-28-17-8-4-14(5-9-17)20-12-16-2-1-3-19(23(26)27)21(16)30-20/h1-12H,13H2,(H3,24,25)(H3,26,27). The van der Waals surface area contributed by atoms with E-state index in [-0.39, 0.29) is 18.5 Å². The van der Waals surface area contributed by atoms with Gasteiger partial charge < -0.3 is 25.4 Å². The van der Waals surface area contributed by atoms with Gasteiger partial charge in [0.25, 0.3) is 0 Å². The number of para-hydroxylation sites is 1. The van der Waals surface area contributed by atoms with Crippen LogP contribution in [-0.2, 0) is 0 Å². The second-order valence-corrected chi connectivity index (χ2v) is 6.62. The van der Waals surface area contributed by atoms with E-state index in [2.05, 4.69) is 0 Å². The van der Waals surface area contributed by atoms with E-state index in [1.807, 2.05) is 42.5 Å². The van der Waals surface area contributed by atoms with Crippen LogP contribution in [0, 0.1) is 10.8 Å². The van der Waals surface area contributed by atoms with Crippen LogP contribution in [0.1, 0.15) is 11.1 Å². The molecule has 6 N–H and O–H groups in total. The molecule has 150 valence electrons. The zero-order valence-electron chi connectivity index (χ0n) is 16.0. The van der Waals surface area contributed by atoms with Gasteiger partial charge >= 0.3 is 0 Å². The zero-order valence-corrected chi connectivity index (χ0v) is 16.0. The fourth-order valence-electron chi connectivity index (χ4n) is 3.03. The van der Waals surface area contributed by atoms with Crippen molar-refractivity contribution in [3.63, 3.8) is 0 Å². The van der Waals surface area contributed by atoms with Crippen LogP contribution in [-0.4, -0.2) is 18.5 Å². The highest BCUT2D eigenvalue weighted by atomic mass is 16.7. The highest BCUT2D eigenvalue weighted by molar-refractivity contribution is 6.06. The molecule has 0 saturated carbocycles. The molecule has 0 aliphatic heterocycles. The number of benzene rings is 3. The van der Waals surface area contributed by atoms with Crippen molar-refractivity contribution >= 4 is 22.6 Å². The second kappa shape index (κ2) is 8.00. The molecule has 7 heteroatoms. The minimum absolute atomic E-state index is 0.0138. The summed E-state index contributed by atoms with van der Waals surface area (Å²) in [4.78, 5) is 0.